The van der Waals surface area contributed by atoms with E-state index in [1.165, 1.54) is 0 Å². The van der Waals surface area contributed by atoms with Gasteiger partial charge in [-0.25, -0.2) is 0 Å². The van der Waals surface area contributed by atoms with E-state index in [2.05, 4.69) is 39.8 Å². The summed E-state index contributed by atoms with van der Waals surface area (Å²) in [5, 5.41) is 17.5. The zero-order chi connectivity index (χ0) is 9.26. The molecule has 2 rings (SSSR count). The molecule has 72 valence electrons. The summed E-state index contributed by atoms with van der Waals surface area (Å²) in [5.41, 5.74) is 0. The molecule has 1 aliphatic rings. The van der Waals surface area contributed by atoms with Crippen molar-refractivity contribution < 1.29 is 0 Å². The number of hydrogen-bond donors (Lipinski definition) is 2. The number of tetrazole rings is 1. The van der Waals surface area contributed by atoms with Gasteiger partial charge in [0.15, 0.2) is 5.82 Å². The predicted molar refractivity (Wildman–Crippen MR) is 48.2 cm³/mol. The van der Waals surface area contributed by atoms with E-state index in [4.69, 9.17) is 0 Å². The second-order valence-electron chi connectivity index (χ2n) is 3.96. The SMILES string of the molecule is CC(C)[C@H]1C[C@@H](c2nn[nH]n2)CN1. The molecule has 2 N–H and O–H groups in total. The molecule has 0 spiro atoms. The molecule has 0 bridgehead atoms. The summed E-state index contributed by atoms with van der Waals surface area (Å²) in [5.74, 6) is 1.96. The summed E-state index contributed by atoms with van der Waals surface area (Å²) in [7, 11) is 0. The van der Waals surface area contributed by atoms with Crippen molar-refractivity contribution in [1.82, 2.24) is 25.9 Å². The zero-order valence-corrected chi connectivity index (χ0v) is 7.99. The molecule has 2 heterocycles. The Morgan fingerprint density at radius 3 is 2.85 bits per heavy atom. The maximum Gasteiger partial charge on any atom is 0.178 e. The van der Waals surface area contributed by atoms with Gasteiger partial charge < -0.3 is 5.32 Å². The van der Waals surface area contributed by atoms with Crippen molar-refractivity contribution in [3.63, 3.8) is 0 Å². The van der Waals surface area contributed by atoms with E-state index in [1.807, 2.05) is 0 Å². The van der Waals surface area contributed by atoms with Crippen LogP contribution in [-0.4, -0.2) is 33.2 Å². The third-order valence-electron chi connectivity index (χ3n) is 2.70. The van der Waals surface area contributed by atoms with Crippen molar-refractivity contribution in [3.05, 3.63) is 5.82 Å². The van der Waals surface area contributed by atoms with Crippen LogP contribution < -0.4 is 5.32 Å². The van der Waals surface area contributed by atoms with Crippen molar-refractivity contribution in [2.75, 3.05) is 6.54 Å². The van der Waals surface area contributed by atoms with E-state index >= 15 is 0 Å². The van der Waals surface area contributed by atoms with Gasteiger partial charge in [0.1, 0.15) is 0 Å². The fourth-order valence-electron chi connectivity index (χ4n) is 1.81. The van der Waals surface area contributed by atoms with Gasteiger partial charge in [0.05, 0.1) is 0 Å². The lowest BCUT2D eigenvalue weighted by Crippen LogP contribution is -2.26. The van der Waals surface area contributed by atoms with Crippen LogP contribution in [0.4, 0.5) is 0 Å². The van der Waals surface area contributed by atoms with E-state index in [0.29, 0.717) is 17.9 Å². The van der Waals surface area contributed by atoms with Crippen molar-refractivity contribution in [1.29, 1.82) is 0 Å². The molecule has 5 heteroatoms. The molecular weight excluding hydrogens is 166 g/mol. The molecule has 0 saturated carbocycles. The Kier molecular flexibility index (Phi) is 2.26. The molecule has 1 aromatic heterocycles. The minimum atomic E-state index is 0.436. The average molecular weight is 181 g/mol. The Morgan fingerprint density at radius 1 is 1.46 bits per heavy atom. The molecule has 1 fully saturated rings. The summed E-state index contributed by atoms with van der Waals surface area (Å²) >= 11 is 0. The van der Waals surface area contributed by atoms with Crippen molar-refractivity contribution >= 4 is 0 Å². The maximum atomic E-state index is 4.00. The third kappa shape index (κ3) is 1.70. The van der Waals surface area contributed by atoms with Crippen LogP contribution in [0.25, 0.3) is 0 Å². The topological polar surface area (TPSA) is 66.5 Å². The van der Waals surface area contributed by atoms with Crippen molar-refractivity contribution in [2.24, 2.45) is 5.92 Å². The zero-order valence-electron chi connectivity index (χ0n) is 7.99. The Balaban J connectivity index is 1.99. The van der Waals surface area contributed by atoms with Crippen LogP contribution in [0.1, 0.15) is 32.0 Å². The van der Waals surface area contributed by atoms with Gasteiger partial charge in [-0.05, 0) is 12.3 Å². The summed E-state index contributed by atoms with van der Waals surface area (Å²) < 4.78 is 0. The molecule has 0 unspecified atom stereocenters. The molecule has 0 aromatic carbocycles. The second kappa shape index (κ2) is 3.41. The Bertz CT molecular complexity index is 256. The second-order valence-corrected chi connectivity index (χ2v) is 3.96. The number of H-pyrrole nitrogens is 1. The first-order valence-corrected chi connectivity index (χ1v) is 4.74. The van der Waals surface area contributed by atoms with E-state index in [9.17, 15) is 0 Å². The Labute approximate surface area is 77.3 Å². The maximum absolute atomic E-state index is 4.00. The van der Waals surface area contributed by atoms with Crippen LogP contribution in [0.15, 0.2) is 0 Å². The van der Waals surface area contributed by atoms with Crippen LogP contribution in [0.2, 0.25) is 0 Å². The number of hydrogen-bond acceptors (Lipinski definition) is 4. The minimum Gasteiger partial charge on any atom is -0.313 e. The minimum absolute atomic E-state index is 0.436. The van der Waals surface area contributed by atoms with Gasteiger partial charge in [0.25, 0.3) is 0 Å². The van der Waals surface area contributed by atoms with E-state index in [-0.39, 0.29) is 0 Å². The lowest BCUT2D eigenvalue weighted by atomic mass is 9.98. The average Bonchev–Trinajstić information content (AvgIpc) is 2.75. The van der Waals surface area contributed by atoms with Crippen LogP contribution in [0, 0.1) is 5.92 Å². The van der Waals surface area contributed by atoms with Crippen LogP contribution in [0.5, 0.6) is 0 Å². The largest absolute Gasteiger partial charge is 0.313 e. The van der Waals surface area contributed by atoms with Gasteiger partial charge in [-0.3, -0.25) is 0 Å². The monoisotopic (exact) mass is 181 g/mol. The first-order valence-electron chi connectivity index (χ1n) is 4.74. The summed E-state index contributed by atoms with van der Waals surface area (Å²) in [6.07, 6.45) is 1.12. The van der Waals surface area contributed by atoms with Crippen LogP contribution in [0.3, 0.4) is 0 Å². The van der Waals surface area contributed by atoms with E-state index in [1.54, 1.807) is 0 Å². The molecule has 0 aliphatic carbocycles. The number of aromatic nitrogens is 4. The number of nitrogens with one attached hydrogen (secondary N) is 2. The lowest BCUT2D eigenvalue weighted by molar-refractivity contribution is 0.448. The van der Waals surface area contributed by atoms with Gasteiger partial charge in [-0.1, -0.05) is 19.1 Å². The van der Waals surface area contributed by atoms with Gasteiger partial charge in [0, 0.05) is 18.5 Å². The molecule has 0 radical (unpaired) electrons. The van der Waals surface area contributed by atoms with Crippen molar-refractivity contribution in [2.45, 2.75) is 32.2 Å². The molecule has 5 nitrogen and oxygen atoms in total. The summed E-state index contributed by atoms with van der Waals surface area (Å²) in [6.45, 7) is 5.44. The normalized spacial score (nSPS) is 28.5. The van der Waals surface area contributed by atoms with E-state index < -0.39 is 0 Å². The highest BCUT2D eigenvalue weighted by Gasteiger charge is 2.29. The quantitative estimate of drug-likeness (QED) is 0.688. The highest BCUT2D eigenvalue weighted by Crippen LogP contribution is 2.25. The fourth-order valence-corrected chi connectivity index (χ4v) is 1.81. The third-order valence-corrected chi connectivity index (χ3v) is 2.70. The molecular formula is C8H15N5. The van der Waals surface area contributed by atoms with Gasteiger partial charge >= 0.3 is 0 Å². The Hall–Kier alpha value is -0.970. The van der Waals surface area contributed by atoms with Crippen LogP contribution in [-0.2, 0) is 0 Å². The number of nitrogens with zero attached hydrogens (tertiary/aromatic N) is 3. The molecule has 1 saturated heterocycles. The highest BCUT2D eigenvalue weighted by molar-refractivity contribution is 5.00. The van der Waals surface area contributed by atoms with Crippen LogP contribution >= 0.6 is 0 Å². The number of aromatic amines is 1. The first kappa shape index (κ1) is 8.62. The lowest BCUT2D eigenvalue weighted by Gasteiger charge is -2.13. The molecule has 0 amide bonds. The van der Waals surface area contributed by atoms with Gasteiger partial charge in [-0.15, -0.1) is 10.2 Å². The summed E-state index contributed by atoms with van der Waals surface area (Å²) in [4.78, 5) is 0. The first-order chi connectivity index (χ1) is 6.27. The summed E-state index contributed by atoms with van der Waals surface area (Å²) in [6, 6.07) is 0.600. The molecule has 13 heavy (non-hydrogen) atoms. The standard InChI is InChI=1S/C8H15N5/c1-5(2)7-3-6(4-9-7)8-10-12-13-11-8/h5-7,9H,3-4H2,1-2H3,(H,10,11,12,13)/t6-,7-/m1/s1. The molecule has 1 aromatic rings. The van der Waals surface area contributed by atoms with Crippen molar-refractivity contribution in [3.8, 4) is 0 Å². The van der Waals surface area contributed by atoms with Gasteiger partial charge in [-0.2, -0.15) is 5.21 Å². The Morgan fingerprint density at radius 2 is 2.31 bits per heavy atom. The predicted octanol–water partition coefficient (Wildman–Crippen LogP) is 0.301. The molecule has 2 atom stereocenters. The fraction of sp³-hybridized carbons (Fsp3) is 0.875. The molecule has 1 aliphatic heterocycles. The van der Waals surface area contributed by atoms with Gasteiger partial charge in [0.2, 0.25) is 0 Å². The van der Waals surface area contributed by atoms with E-state index in [0.717, 1.165) is 18.8 Å². The smallest absolute Gasteiger partial charge is 0.178 e. The number of rotatable bonds is 2. The highest BCUT2D eigenvalue weighted by atomic mass is 15.5.